The number of aromatic nitrogens is 1. The van der Waals surface area contributed by atoms with E-state index in [1.165, 1.54) is 12.3 Å². The van der Waals surface area contributed by atoms with Crippen LogP contribution in [0.3, 0.4) is 0 Å². The Bertz CT molecular complexity index is 532. The van der Waals surface area contributed by atoms with Crippen molar-refractivity contribution < 1.29 is 22.7 Å². The van der Waals surface area contributed by atoms with E-state index in [1.807, 2.05) is 0 Å². The fourth-order valence-corrected chi connectivity index (χ4v) is 2.42. The van der Waals surface area contributed by atoms with Gasteiger partial charge in [0.25, 0.3) is 10.0 Å². The summed E-state index contributed by atoms with van der Waals surface area (Å²) in [6, 6.07) is 2.27. The van der Waals surface area contributed by atoms with Crippen LogP contribution in [0.25, 0.3) is 0 Å². The van der Waals surface area contributed by atoms with Crippen molar-refractivity contribution in [1.82, 2.24) is 9.71 Å². The Morgan fingerprint density at radius 1 is 1.61 bits per heavy atom. The van der Waals surface area contributed by atoms with Crippen molar-refractivity contribution in [2.45, 2.75) is 18.4 Å². The molecule has 0 aliphatic rings. The standard InChI is InChI=1S/C10H13FN2O4S/c1-7(5-9(14)15)6-13-18(16,17)10-8(11)3-2-4-12-10/h2-4,7,13H,5-6H2,1H3,(H,14,15). The van der Waals surface area contributed by atoms with Crippen LogP contribution in [0.1, 0.15) is 13.3 Å². The summed E-state index contributed by atoms with van der Waals surface area (Å²) in [4.78, 5) is 13.9. The summed E-state index contributed by atoms with van der Waals surface area (Å²) in [7, 11) is -4.05. The van der Waals surface area contributed by atoms with E-state index in [1.54, 1.807) is 6.92 Å². The van der Waals surface area contributed by atoms with Gasteiger partial charge in [-0.05, 0) is 18.1 Å². The smallest absolute Gasteiger partial charge is 0.303 e. The lowest BCUT2D eigenvalue weighted by molar-refractivity contribution is -0.137. The second-order valence-corrected chi connectivity index (χ2v) is 5.53. The summed E-state index contributed by atoms with van der Waals surface area (Å²) in [6.07, 6.45) is 0.992. The summed E-state index contributed by atoms with van der Waals surface area (Å²) < 4.78 is 38.7. The Balaban J connectivity index is 2.72. The van der Waals surface area contributed by atoms with E-state index in [4.69, 9.17) is 5.11 Å². The van der Waals surface area contributed by atoms with Crippen molar-refractivity contribution in [1.29, 1.82) is 0 Å². The second-order valence-electron chi connectivity index (χ2n) is 3.85. The van der Waals surface area contributed by atoms with Crippen LogP contribution in [0.2, 0.25) is 0 Å². The maximum Gasteiger partial charge on any atom is 0.303 e. The fourth-order valence-electron chi connectivity index (χ4n) is 1.26. The largest absolute Gasteiger partial charge is 0.481 e. The molecule has 0 bridgehead atoms. The maximum atomic E-state index is 13.2. The number of halogens is 1. The van der Waals surface area contributed by atoms with Gasteiger partial charge in [-0.1, -0.05) is 6.92 Å². The Labute approximate surface area is 104 Å². The molecule has 1 heterocycles. The Hall–Kier alpha value is -1.54. The number of aliphatic carboxylic acids is 1. The topological polar surface area (TPSA) is 96.4 Å². The normalized spacial score (nSPS) is 13.2. The number of hydrogen-bond donors (Lipinski definition) is 2. The van der Waals surface area contributed by atoms with Gasteiger partial charge in [-0.2, -0.15) is 0 Å². The molecule has 18 heavy (non-hydrogen) atoms. The van der Waals surface area contributed by atoms with Gasteiger partial charge in [-0.25, -0.2) is 22.5 Å². The third-order valence-corrected chi connectivity index (χ3v) is 3.48. The van der Waals surface area contributed by atoms with Crippen LogP contribution in [0, 0.1) is 11.7 Å². The molecule has 0 saturated carbocycles. The zero-order valence-corrected chi connectivity index (χ0v) is 10.4. The molecular formula is C10H13FN2O4S. The van der Waals surface area contributed by atoms with Crippen LogP contribution in [-0.4, -0.2) is 31.0 Å². The molecule has 1 atom stereocenters. The number of carbonyl (C=O) groups is 1. The molecule has 0 aromatic carbocycles. The molecule has 100 valence electrons. The minimum atomic E-state index is -4.05. The van der Waals surface area contributed by atoms with Crippen LogP contribution < -0.4 is 4.72 Å². The number of pyridine rings is 1. The number of nitrogens with zero attached hydrogens (tertiary/aromatic N) is 1. The molecule has 0 aliphatic carbocycles. The van der Waals surface area contributed by atoms with Gasteiger partial charge in [0.1, 0.15) is 0 Å². The quantitative estimate of drug-likeness (QED) is 0.793. The SMILES string of the molecule is CC(CNS(=O)(=O)c1ncccc1F)CC(=O)O. The number of carboxylic acids is 1. The van der Waals surface area contributed by atoms with Crippen molar-refractivity contribution >= 4 is 16.0 Å². The van der Waals surface area contributed by atoms with E-state index in [0.29, 0.717) is 0 Å². The molecule has 0 amide bonds. The lowest BCUT2D eigenvalue weighted by atomic mass is 10.1. The van der Waals surface area contributed by atoms with E-state index in [0.717, 1.165) is 6.07 Å². The Kier molecular flexibility index (Phi) is 4.74. The van der Waals surface area contributed by atoms with Gasteiger partial charge in [0.2, 0.25) is 5.03 Å². The van der Waals surface area contributed by atoms with Gasteiger partial charge in [-0.15, -0.1) is 0 Å². The van der Waals surface area contributed by atoms with Crippen LogP contribution in [0.15, 0.2) is 23.4 Å². The predicted molar refractivity (Wildman–Crippen MR) is 60.8 cm³/mol. The van der Waals surface area contributed by atoms with Gasteiger partial charge in [0, 0.05) is 19.2 Å². The highest BCUT2D eigenvalue weighted by atomic mass is 32.2. The van der Waals surface area contributed by atoms with Gasteiger partial charge in [0.15, 0.2) is 5.82 Å². The third kappa shape index (κ3) is 4.04. The molecule has 8 heteroatoms. The molecule has 1 aromatic rings. The monoisotopic (exact) mass is 276 g/mol. The van der Waals surface area contributed by atoms with E-state index < -0.39 is 32.8 Å². The van der Waals surface area contributed by atoms with Crippen molar-refractivity contribution in [3.8, 4) is 0 Å². The number of rotatable bonds is 6. The Morgan fingerprint density at radius 3 is 2.83 bits per heavy atom. The molecule has 0 aliphatic heterocycles. The average Bonchev–Trinajstić information content (AvgIpc) is 2.26. The lowest BCUT2D eigenvalue weighted by Gasteiger charge is -2.10. The Morgan fingerprint density at radius 2 is 2.28 bits per heavy atom. The van der Waals surface area contributed by atoms with Gasteiger partial charge < -0.3 is 5.11 Å². The molecule has 0 spiro atoms. The van der Waals surface area contributed by atoms with E-state index in [2.05, 4.69) is 9.71 Å². The summed E-state index contributed by atoms with van der Waals surface area (Å²) >= 11 is 0. The minimum Gasteiger partial charge on any atom is -0.481 e. The molecule has 0 fully saturated rings. The molecule has 0 radical (unpaired) electrons. The first-order valence-electron chi connectivity index (χ1n) is 5.15. The van der Waals surface area contributed by atoms with Gasteiger partial charge >= 0.3 is 5.97 Å². The highest BCUT2D eigenvalue weighted by molar-refractivity contribution is 7.89. The summed E-state index contributed by atoms with van der Waals surface area (Å²) in [5.41, 5.74) is 0. The molecule has 1 rings (SSSR count). The maximum absolute atomic E-state index is 13.2. The summed E-state index contributed by atoms with van der Waals surface area (Å²) in [5.74, 6) is -2.37. The van der Waals surface area contributed by atoms with Crippen LogP contribution in [-0.2, 0) is 14.8 Å². The number of nitrogens with one attached hydrogen (secondary N) is 1. The molecule has 6 nitrogen and oxygen atoms in total. The molecule has 1 unspecified atom stereocenters. The van der Waals surface area contributed by atoms with E-state index in [-0.39, 0.29) is 13.0 Å². The average molecular weight is 276 g/mol. The second kappa shape index (κ2) is 5.87. The highest BCUT2D eigenvalue weighted by Gasteiger charge is 2.21. The zero-order valence-electron chi connectivity index (χ0n) is 9.63. The molecule has 2 N–H and O–H groups in total. The first-order chi connectivity index (χ1) is 8.33. The first-order valence-corrected chi connectivity index (χ1v) is 6.63. The predicted octanol–water partition coefficient (Wildman–Crippen LogP) is 0.610. The molecule has 0 saturated heterocycles. The zero-order chi connectivity index (χ0) is 13.8. The van der Waals surface area contributed by atoms with Crippen LogP contribution in [0.5, 0.6) is 0 Å². The third-order valence-electron chi connectivity index (χ3n) is 2.12. The van der Waals surface area contributed by atoms with Crippen molar-refractivity contribution in [3.05, 3.63) is 24.1 Å². The van der Waals surface area contributed by atoms with Crippen molar-refractivity contribution in [2.75, 3.05) is 6.54 Å². The van der Waals surface area contributed by atoms with Gasteiger partial charge in [-0.3, -0.25) is 4.79 Å². The van der Waals surface area contributed by atoms with Gasteiger partial charge in [0.05, 0.1) is 0 Å². The number of sulfonamides is 1. The van der Waals surface area contributed by atoms with Crippen molar-refractivity contribution in [3.63, 3.8) is 0 Å². The van der Waals surface area contributed by atoms with Crippen LogP contribution >= 0.6 is 0 Å². The summed E-state index contributed by atoms with van der Waals surface area (Å²) in [5, 5.41) is 7.84. The molecular weight excluding hydrogens is 263 g/mol. The van der Waals surface area contributed by atoms with Crippen molar-refractivity contribution in [2.24, 2.45) is 5.92 Å². The molecule has 1 aromatic heterocycles. The summed E-state index contributed by atoms with van der Waals surface area (Å²) in [6.45, 7) is 1.48. The number of hydrogen-bond acceptors (Lipinski definition) is 4. The first kappa shape index (κ1) is 14.5. The van der Waals surface area contributed by atoms with E-state index in [9.17, 15) is 17.6 Å². The number of carboxylic acid groups (broad SMARTS) is 1. The highest BCUT2D eigenvalue weighted by Crippen LogP contribution is 2.10. The van der Waals surface area contributed by atoms with E-state index >= 15 is 0 Å². The van der Waals surface area contributed by atoms with Crippen LogP contribution in [0.4, 0.5) is 4.39 Å². The minimum absolute atomic E-state index is 0.0926. The lowest BCUT2D eigenvalue weighted by Crippen LogP contribution is -2.30. The fraction of sp³-hybridized carbons (Fsp3) is 0.400.